The van der Waals surface area contributed by atoms with E-state index in [4.69, 9.17) is 5.73 Å². The Morgan fingerprint density at radius 1 is 1.14 bits per heavy atom. The summed E-state index contributed by atoms with van der Waals surface area (Å²) in [5.41, 5.74) is 8.36. The van der Waals surface area contributed by atoms with E-state index in [0.717, 1.165) is 23.4 Å². The zero-order chi connectivity index (χ0) is 19.9. The Morgan fingerprint density at radius 2 is 1.93 bits per heavy atom. The maximum absolute atomic E-state index is 5.98. The van der Waals surface area contributed by atoms with Gasteiger partial charge in [0.2, 0.25) is 0 Å². The first-order chi connectivity index (χ1) is 13.7. The van der Waals surface area contributed by atoms with Gasteiger partial charge in [0.05, 0.1) is 5.39 Å². The van der Waals surface area contributed by atoms with Gasteiger partial charge in [0, 0.05) is 18.3 Å². The van der Waals surface area contributed by atoms with Crippen molar-refractivity contribution in [1.82, 2.24) is 19.9 Å². The third kappa shape index (κ3) is 4.53. The molecule has 150 valence electrons. The number of rotatable bonds is 6. The number of fused-ring (bicyclic) bond motifs is 1. The van der Waals surface area contributed by atoms with Crippen LogP contribution in [-0.4, -0.2) is 27.6 Å². The van der Waals surface area contributed by atoms with Crippen molar-refractivity contribution >= 4 is 16.9 Å². The van der Waals surface area contributed by atoms with Gasteiger partial charge in [0.15, 0.2) is 0 Å². The highest BCUT2D eigenvalue weighted by Crippen LogP contribution is 2.39. The summed E-state index contributed by atoms with van der Waals surface area (Å²) in [5, 5.41) is 4.49. The molecule has 5 heteroatoms. The number of hydrogen-bond donors (Lipinski definition) is 2. The quantitative estimate of drug-likeness (QED) is 0.657. The minimum absolute atomic E-state index is 0.515. The van der Waals surface area contributed by atoms with Crippen molar-refractivity contribution in [3.63, 3.8) is 0 Å². The SMILES string of the molecule is CC.CNC(Cc1ccccc1)CC1CCC(n2ccc3c(N)ncnc32)C1. The molecule has 3 aromatic rings. The van der Waals surface area contributed by atoms with Crippen LogP contribution in [0.4, 0.5) is 5.82 Å². The van der Waals surface area contributed by atoms with Crippen LogP contribution in [0.1, 0.15) is 51.1 Å². The highest BCUT2D eigenvalue weighted by molar-refractivity contribution is 5.86. The number of likely N-dealkylation sites (N-methyl/N-ethyl adjacent to an activating group) is 1. The monoisotopic (exact) mass is 379 g/mol. The summed E-state index contributed by atoms with van der Waals surface area (Å²) in [6.07, 6.45) is 9.70. The first kappa shape index (κ1) is 20.3. The Bertz CT molecular complexity index is 858. The molecular weight excluding hydrogens is 346 g/mol. The normalized spacial score (nSPS) is 20.0. The Balaban J connectivity index is 0.00000109. The van der Waals surface area contributed by atoms with E-state index >= 15 is 0 Å². The van der Waals surface area contributed by atoms with E-state index in [9.17, 15) is 0 Å². The van der Waals surface area contributed by atoms with Crippen molar-refractivity contribution in [2.75, 3.05) is 12.8 Å². The fraction of sp³-hybridized carbons (Fsp3) is 0.478. The molecule has 3 unspecified atom stereocenters. The molecule has 1 aliphatic carbocycles. The zero-order valence-electron chi connectivity index (χ0n) is 17.3. The van der Waals surface area contributed by atoms with Crippen LogP contribution >= 0.6 is 0 Å². The van der Waals surface area contributed by atoms with Gasteiger partial charge in [-0.15, -0.1) is 0 Å². The van der Waals surface area contributed by atoms with E-state index in [1.165, 1.54) is 31.2 Å². The van der Waals surface area contributed by atoms with Crippen LogP contribution in [0, 0.1) is 5.92 Å². The summed E-state index contributed by atoms with van der Waals surface area (Å²) in [7, 11) is 2.08. The van der Waals surface area contributed by atoms with Crippen molar-refractivity contribution in [1.29, 1.82) is 0 Å². The summed E-state index contributed by atoms with van der Waals surface area (Å²) < 4.78 is 2.30. The molecule has 1 aromatic carbocycles. The number of aromatic nitrogens is 3. The molecule has 1 saturated carbocycles. The molecule has 0 amide bonds. The van der Waals surface area contributed by atoms with Gasteiger partial charge in [0.1, 0.15) is 17.8 Å². The fourth-order valence-electron chi connectivity index (χ4n) is 4.40. The molecule has 0 bridgehead atoms. The number of anilines is 1. The Morgan fingerprint density at radius 3 is 2.68 bits per heavy atom. The second-order valence-electron chi connectivity index (χ2n) is 7.46. The standard InChI is InChI=1S/C21H27N5.C2H6/c1-23-17(11-15-5-3-2-4-6-15)12-16-7-8-18(13-16)26-10-9-19-20(22)24-14-25-21(19)26;1-2/h2-6,9-10,14,16-18,23H,7-8,11-13H2,1H3,(H2,22,24,25);1-2H3. The van der Waals surface area contributed by atoms with E-state index in [2.05, 4.69) is 63.4 Å². The maximum atomic E-state index is 5.98. The molecule has 0 radical (unpaired) electrons. The number of hydrogen-bond acceptors (Lipinski definition) is 4. The Kier molecular flexibility index (Phi) is 7.04. The lowest BCUT2D eigenvalue weighted by Crippen LogP contribution is -2.29. The summed E-state index contributed by atoms with van der Waals surface area (Å²) >= 11 is 0. The third-order valence-electron chi connectivity index (χ3n) is 5.80. The van der Waals surface area contributed by atoms with Crippen molar-refractivity contribution in [2.24, 2.45) is 5.92 Å². The zero-order valence-corrected chi connectivity index (χ0v) is 17.3. The van der Waals surface area contributed by atoms with E-state index in [1.54, 1.807) is 6.33 Å². The summed E-state index contributed by atoms with van der Waals surface area (Å²) in [6, 6.07) is 13.9. The molecule has 3 atom stereocenters. The minimum Gasteiger partial charge on any atom is -0.383 e. The maximum Gasteiger partial charge on any atom is 0.145 e. The van der Waals surface area contributed by atoms with Gasteiger partial charge in [-0.05, 0) is 56.7 Å². The molecule has 5 nitrogen and oxygen atoms in total. The van der Waals surface area contributed by atoms with Crippen molar-refractivity contribution in [3.8, 4) is 0 Å². The second kappa shape index (κ2) is 9.69. The smallest absolute Gasteiger partial charge is 0.145 e. The average Bonchev–Trinajstić information content (AvgIpc) is 3.37. The molecule has 1 aliphatic rings. The highest BCUT2D eigenvalue weighted by atomic mass is 15.1. The molecule has 0 spiro atoms. The lowest BCUT2D eigenvalue weighted by molar-refractivity contribution is 0.389. The molecule has 3 N–H and O–H groups in total. The van der Waals surface area contributed by atoms with Crippen LogP contribution in [0.2, 0.25) is 0 Å². The largest absolute Gasteiger partial charge is 0.383 e. The van der Waals surface area contributed by atoms with Crippen LogP contribution in [-0.2, 0) is 6.42 Å². The highest BCUT2D eigenvalue weighted by Gasteiger charge is 2.28. The van der Waals surface area contributed by atoms with Crippen LogP contribution < -0.4 is 11.1 Å². The van der Waals surface area contributed by atoms with E-state index in [-0.39, 0.29) is 0 Å². The molecular formula is C23H33N5. The lowest BCUT2D eigenvalue weighted by atomic mass is 9.94. The number of benzene rings is 1. The predicted molar refractivity (Wildman–Crippen MR) is 117 cm³/mol. The van der Waals surface area contributed by atoms with E-state index in [1.807, 2.05) is 19.9 Å². The van der Waals surface area contributed by atoms with Gasteiger partial charge >= 0.3 is 0 Å². The molecule has 28 heavy (non-hydrogen) atoms. The van der Waals surface area contributed by atoms with Crippen molar-refractivity contribution in [2.45, 2.75) is 58.0 Å². The number of nitrogen functional groups attached to an aromatic ring is 1. The van der Waals surface area contributed by atoms with Crippen LogP contribution in [0.3, 0.4) is 0 Å². The topological polar surface area (TPSA) is 68.8 Å². The van der Waals surface area contributed by atoms with Crippen molar-refractivity contribution in [3.05, 3.63) is 54.5 Å². The van der Waals surface area contributed by atoms with Gasteiger partial charge in [-0.2, -0.15) is 0 Å². The number of nitrogens with zero attached hydrogens (tertiary/aromatic N) is 3. The first-order valence-corrected chi connectivity index (χ1v) is 10.5. The summed E-state index contributed by atoms with van der Waals surface area (Å²) in [4.78, 5) is 8.56. The predicted octanol–water partition coefficient (Wildman–Crippen LogP) is 4.60. The van der Waals surface area contributed by atoms with Gasteiger partial charge in [-0.25, -0.2) is 9.97 Å². The van der Waals surface area contributed by atoms with Gasteiger partial charge < -0.3 is 15.6 Å². The van der Waals surface area contributed by atoms with Crippen molar-refractivity contribution < 1.29 is 0 Å². The molecule has 0 aliphatic heterocycles. The van der Waals surface area contributed by atoms with Crippen LogP contribution in [0.25, 0.3) is 11.0 Å². The van der Waals surface area contributed by atoms with Crippen LogP contribution in [0.15, 0.2) is 48.9 Å². The molecule has 1 fully saturated rings. The first-order valence-electron chi connectivity index (χ1n) is 10.5. The van der Waals surface area contributed by atoms with Gasteiger partial charge in [-0.1, -0.05) is 44.2 Å². The fourth-order valence-corrected chi connectivity index (χ4v) is 4.40. The average molecular weight is 380 g/mol. The Labute approximate surface area is 168 Å². The minimum atomic E-state index is 0.515. The summed E-state index contributed by atoms with van der Waals surface area (Å²) in [5.74, 6) is 1.32. The van der Waals surface area contributed by atoms with Gasteiger partial charge in [-0.3, -0.25) is 0 Å². The molecule has 2 heterocycles. The number of nitrogens with one attached hydrogen (secondary N) is 1. The summed E-state index contributed by atoms with van der Waals surface area (Å²) in [6.45, 7) is 4.00. The van der Waals surface area contributed by atoms with Crippen LogP contribution in [0.5, 0.6) is 0 Å². The van der Waals surface area contributed by atoms with Gasteiger partial charge in [0.25, 0.3) is 0 Å². The lowest BCUT2D eigenvalue weighted by Gasteiger charge is -2.21. The molecule has 4 rings (SSSR count). The molecule has 0 saturated heterocycles. The molecule has 2 aromatic heterocycles. The third-order valence-corrected chi connectivity index (χ3v) is 5.80. The van der Waals surface area contributed by atoms with E-state index in [0.29, 0.717) is 17.9 Å². The van der Waals surface area contributed by atoms with E-state index < -0.39 is 0 Å². The second-order valence-corrected chi connectivity index (χ2v) is 7.46. The Hall–Kier alpha value is -2.40. The number of nitrogens with two attached hydrogens (primary N) is 1.